The molecule has 0 spiro atoms. The largest absolute Gasteiger partial charge is 0.480 e. The molecule has 0 saturated carbocycles. The molecule has 13 heavy (non-hydrogen) atoms. The number of likely N-dealkylation sites (N-methyl/N-ethyl adjacent to an activating group) is 1. The first kappa shape index (κ1) is 9.57. The standard InChI is InChI=1S/C8H13N3O2/c1-6(8(12)13)11(3)7-4-9-10(2)5-7/h4-6H,1-3H3,(H,12,13). The van der Waals surface area contributed by atoms with Crippen molar-refractivity contribution in [1.82, 2.24) is 9.78 Å². The summed E-state index contributed by atoms with van der Waals surface area (Å²) in [4.78, 5) is 12.3. The Kier molecular flexibility index (Phi) is 2.55. The molecule has 0 bridgehead atoms. The summed E-state index contributed by atoms with van der Waals surface area (Å²) in [5, 5.41) is 12.7. The van der Waals surface area contributed by atoms with E-state index in [4.69, 9.17) is 5.11 Å². The second-order valence-electron chi connectivity index (χ2n) is 3.00. The van der Waals surface area contributed by atoms with E-state index in [0.29, 0.717) is 0 Å². The highest BCUT2D eigenvalue weighted by molar-refractivity contribution is 5.77. The van der Waals surface area contributed by atoms with Crippen molar-refractivity contribution in [2.45, 2.75) is 13.0 Å². The summed E-state index contributed by atoms with van der Waals surface area (Å²) >= 11 is 0. The maximum absolute atomic E-state index is 10.7. The quantitative estimate of drug-likeness (QED) is 0.733. The molecule has 1 rings (SSSR count). The molecule has 0 aliphatic heterocycles. The Labute approximate surface area is 76.6 Å². The number of carboxylic acid groups (broad SMARTS) is 1. The maximum Gasteiger partial charge on any atom is 0.326 e. The summed E-state index contributed by atoms with van der Waals surface area (Å²) in [6.45, 7) is 1.63. The highest BCUT2D eigenvalue weighted by atomic mass is 16.4. The minimum atomic E-state index is -0.841. The van der Waals surface area contributed by atoms with E-state index in [1.165, 1.54) is 0 Å². The predicted molar refractivity (Wildman–Crippen MR) is 48.7 cm³/mol. The van der Waals surface area contributed by atoms with Crippen LogP contribution in [0, 0.1) is 0 Å². The van der Waals surface area contributed by atoms with Gasteiger partial charge >= 0.3 is 5.97 Å². The Morgan fingerprint density at radius 3 is 2.77 bits per heavy atom. The molecule has 1 aromatic rings. The fourth-order valence-electron chi connectivity index (χ4n) is 0.980. The van der Waals surface area contributed by atoms with Crippen molar-refractivity contribution in [2.75, 3.05) is 11.9 Å². The van der Waals surface area contributed by atoms with Gasteiger partial charge in [-0.25, -0.2) is 4.79 Å². The van der Waals surface area contributed by atoms with Crippen LogP contribution in [0.15, 0.2) is 12.4 Å². The first-order valence-corrected chi connectivity index (χ1v) is 3.96. The lowest BCUT2D eigenvalue weighted by molar-refractivity contribution is -0.138. The number of rotatable bonds is 3. The van der Waals surface area contributed by atoms with E-state index in [0.717, 1.165) is 5.69 Å². The van der Waals surface area contributed by atoms with E-state index >= 15 is 0 Å². The molecule has 1 aromatic heterocycles. The molecular formula is C8H13N3O2. The number of carboxylic acids is 1. The molecule has 0 saturated heterocycles. The third-order valence-electron chi connectivity index (χ3n) is 2.04. The average Bonchev–Trinajstić information content (AvgIpc) is 2.49. The molecule has 0 radical (unpaired) electrons. The molecule has 5 heteroatoms. The lowest BCUT2D eigenvalue weighted by Crippen LogP contribution is -2.35. The van der Waals surface area contributed by atoms with Gasteiger partial charge in [-0.3, -0.25) is 4.68 Å². The number of aromatic nitrogens is 2. The van der Waals surface area contributed by atoms with Gasteiger partial charge < -0.3 is 10.0 Å². The van der Waals surface area contributed by atoms with Crippen LogP contribution in [0.2, 0.25) is 0 Å². The molecule has 72 valence electrons. The summed E-state index contributed by atoms with van der Waals surface area (Å²) in [6.07, 6.45) is 3.42. The molecule has 1 atom stereocenters. The number of anilines is 1. The zero-order valence-electron chi connectivity index (χ0n) is 7.93. The van der Waals surface area contributed by atoms with Crippen molar-refractivity contribution in [2.24, 2.45) is 7.05 Å². The predicted octanol–water partition coefficient (Wildman–Crippen LogP) is 0.329. The minimum Gasteiger partial charge on any atom is -0.480 e. The fourth-order valence-corrected chi connectivity index (χ4v) is 0.980. The molecule has 1 unspecified atom stereocenters. The first-order chi connectivity index (χ1) is 6.02. The fraction of sp³-hybridized carbons (Fsp3) is 0.500. The molecule has 0 aromatic carbocycles. The van der Waals surface area contributed by atoms with Crippen molar-refractivity contribution in [3.05, 3.63) is 12.4 Å². The van der Waals surface area contributed by atoms with Crippen LogP contribution in [0.25, 0.3) is 0 Å². The molecule has 5 nitrogen and oxygen atoms in total. The Hall–Kier alpha value is -1.52. The van der Waals surface area contributed by atoms with E-state index in [1.54, 1.807) is 43.0 Å². The molecule has 0 aliphatic carbocycles. The second kappa shape index (κ2) is 3.47. The van der Waals surface area contributed by atoms with E-state index in [9.17, 15) is 4.79 Å². The van der Waals surface area contributed by atoms with Crippen LogP contribution >= 0.6 is 0 Å². The molecule has 0 fully saturated rings. The van der Waals surface area contributed by atoms with E-state index < -0.39 is 12.0 Å². The third kappa shape index (κ3) is 1.99. The van der Waals surface area contributed by atoms with Gasteiger partial charge in [-0.1, -0.05) is 0 Å². The van der Waals surface area contributed by atoms with Gasteiger partial charge in [0.1, 0.15) is 6.04 Å². The summed E-state index contributed by atoms with van der Waals surface area (Å²) in [6, 6.07) is -0.538. The smallest absolute Gasteiger partial charge is 0.326 e. The van der Waals surface area contributed by atoms with Gasteiger partial charge in [-0.2, -0.15) is 5.10 Å². The van der Waals surface area contributed by atoms with Crippen LogP contribution in [0.5, 0.6) is 0 Å². The van der Waals surface area contributed by atoms with E-state index in [1.807, 2.05) is 0 Å². The van der Waals surface area contributed by atoms with Crippen LogP contribution in [0.3, 0.4) is 0 Å². The molecular weight excluding hydrogens is 170 g/mol. The van der Waals surface area contributed by atoms with Gasteiger partial charge in [-0.15, -0.1) is 0 Å². The van der Waals surface area contributed by atoms with Gasteiger partial charge in [-0.05, 0) is 6.92 Å². The number of aliphatic carboxylic acids is 1. The number of aryl methyl sites for hydroxylation is 1. The number of hydrogen-bond donors (Lipinski definition) is 1. The zero-order valence-corrected chi connectivity index (χ0v) is 7.93. The van der Waals surface area contributed by atoms with Crippen LogP contribution < -0.4 is 4.90 Å². The van der Waals surface area contributed by atoms with Gasteiger partial charge in [0.05, 0.1) is 11.9 Å². The highest BCUT2D eigenvalue weighted by Crippen LogP contribution is 2.12. The van der Waals surface area contributed by atoms with Gasteiger partial charge in [0.15, 0.2) is 0 Å². The number of nitrogens with zero attached hydrogens (tertiary/aromatic N) is 3. The van der Waals surface area contributed by atoms with Crippen molar-refractivity contribution >= 4 is 11.7 Å². The van der Waals surface area contributed by atoms with Crippen molar-refractivity contribution in [1.29, 1.82) is 0 Å². The molecule has 1 N–H and O–H groups in total. The number of hydrogen-bond acceptors (Lipinski definition) is 3. The van der Waals surface area contributed by atoms with Crippen LogP contribution in [-0.4, -0.2) is 33.9 Å². The van der Waals surface area contributed by atoms with Gasteiger partial charge in [0.25, 0.3) is 0 Å². The third-order valence-corrected chi connectivity index (χ3v) is 2.04. The topological polar surface area (TPSA) is 58.4 Å². The monoisotopic (exact) mass is 183 g/mol. The van der Waals surface area contributed by atoms with Crippen molar-refractivity contribution in [3.8, 4) is 0 Å². The van der Waals surface area contributed by atoms with Crippen LogP contribution in [0.1, 0.15) is 6.92 Å². The molecule has 1 heterocycles. The normalized spacial score (nSPS) is 12.5. The molecule has 0 aliphatic rings. The lowest BCUT2D eigenvalue weighted by atomic mass is 10.3. The average molecular weight is 183 g/mol. The Morgan fingerprint density at radius 2 is 2.38 bits per heavy atom. The lowest BCUT2D eigenvalue weighted by Gasteiger charge is -2.21. The van der Waals surface area contributed by atoms with E-state index in [-0.39, 0.29) is 0 Å². The van der Waals surface area contributed by atoms with Gasteiger partial charge in [0, 0.05) is 20.3 Å². The zero-order chi connectivity index (χ0) is 10.0. The summed E-state index contributed by atoms with van der Waals surface area (Å²) < 4.78 is 1.64. The molecule has 0 amide bonds. The Balaban J connectivity index is 2.78. The summed E-state index contributed by atoms with van der Waals surface area (Å²) in [5.74, 6) is -0.841. The van der Waals surface area contributed by atoms with Crippen molar-refractivity contribution < 1.29 is 9.90 Å². The van der Waals surface area contributed by atoms with E-state index in [2.05, 4.69) is 5.10 Å². The second-order valence-corrected chi connectivity index (χ2v) is 3.00. The van der Waals surface area contributed by atoms with Gasteiger partial charge in [0.2, 0.25) is 0 Å². The van der Waals surface area contributed by atoms with Crippen LogP contribution in [0.4, 0.5) is 5.69 Å². The van der Waals surface area contributed by atoms with Crippen LogP contribution in [-0.2, 0) is 11.8 Å². The minimum absolute atomic E-state index is 0.538. The Morgan fingerprint density at radius 1 is 1.77 bits per heavy atom. The highest BCUT2D eigenvalue weighted by Gasteiger charge is 2.17. The SMILES string of the molecule is CC(C(=O)O)N(C)c1cnn(C)c1. The summed E-state index contributed by atoms with van der Waals surface area (Å²) in [7, 11) is 3.53. The summed E-state index contributed by atoms with van der Waals surface area (Å²) in [5.41, 5.74) is 0.803. The first-order valence-electron chi connectivity index (χ1n) is 3.96. The Bertz CT molecular complexity index is 308. The van der Waals surface area contributed by atoms with Crippen molar-refractivity contribution in [3.63, 3.8) is 0 Å². The maximum atomic E-state index is 10.7. The number of carbonyl (C=O) groups is 1.